The van der Waals surface area contributed by atoms with Crippen LogP contribution >= 0.6 is 0 Å². The fraction of sp³-hybridized carbons (Fsp3) is 0. The van der Waals surface area contributed by atoms with Gasteiger partial charge in [-0.25, -0.2) is 0 Å². The average molecular weight is 142 g/mol. The molecule has 3 heteroatoms. The number of hydrogen-bond donors (Lipinski definition) is 0. The van der Waals surface area contributed by atoms with E-state index in [1.165, 1.54) is 0 Å². The highest BCUT2D eigenvalue weighted by molar-refractivity contribution is 5.99. The molecule has 50 valence electrons. The molecule has 0 aliphatic heterocycles. The predicted octanol–water partition coefficient (Wildman–Crippen LogP) is -0.479. The number of rotatable bonds is 1. The average Bonchev–Trinajstić information content (AvgIpc) is 1.90. The topological polar surface area (TPSA) is 40.7 Å². The third kappa shape index (κ3) is 2.30. The summed E-state index contributed by atoms with van der Waals surface area (Å²) < 4.78 is 5.05. The zero-order valence-corrected chi connectivity index (χ0v) is 7.29. The molecule has 0 radical (unpaired) electrons. The van der Waals surface area contributed by atoms with Gasteiger partial charge in [-0.3, -0.25) is 0 Å². The summed E-state index contributed by atoms with van der Waals surface area (Å²) in [6, 6.07) is 9.81. The lowest BCUT2D eigenvalue weighted by Crippen LogP contribution is -1.81. The van der Waals surface area contributed by atoms with E-state index in [4.69, 9.17) is 4.43 Å². The largest absolute Gasteiger partial charge is 0.553 e. The number of benzene rings is 1. The summed E-state index contributed by atoms with van der Waals surface area (Å²) in [4.78, 5) is 0. The molecule has 0 fully saturated rings. The van der Waals surface area contributed by atoms with Crippen LogP contribution in [-0.2, 0) is 0 Å². The quantitative estimate of drug-likeness (QED) is 0.488. The second kappa shape index (κ2) is 4.11. The van der Waals surface area contributed by atoms with Crippen molar-refractivity contribution in [2.24, 2.45) is 0 Å². The molecule has 0 amide bonds. The summed E-state index contributed by atoms with van der Waals surface area (Å²) in [7, 11) is 0.777. The number of para-hydroxylation sites is 1. The van der Waals surface area contributed by atoms with E-state index >= 15 is 0 Å². The zero-order valence-electron chi connectivity index (χ0n) is 5.29. The summed E-state index contributed by atoms with van der Waals surface area (Å²) in [6.07, 6.45) is 0. The van der Waals surface area contributed by atoms with Crippen LogP contribution in [0.25, 0.3) is 0 Å². The van der Waals surface area contributed by atoms with Crippen molar-refractivity contribution in [3.63, 3.8) is 0 Å². The van der Waals surface area contributed by atoms with Gasteiger partial charge in [-0.1, -0.05) is 18.2 Å². The van der Waals surface area contributed by atoms with E-state index in [9.17, 15) is 0 Å². The van der Waals surface area contributed by atoms with Crippen LogP contribution in [0.15, 0.2) is 30.3 Å². The molecule has 1 rings (SSSR count). The molecular formula is C6H10O2Si. The van der Waals surface area contributed by atoms with Crippen LogP contribution in [0.3, 0.4) is 0 Å². The van der Waals surface area contributed by atoms with Gasteiger partial charge in [0.25, 0.3) is 0 Å². The molecule has 0 aromatic heterocycles. The van der Waals surface area contributed by atoms with E-state index in [2.05, 4.69) is 0 Å². The van der Waals surface area contributed by atoms with Crippen LogP contribution in [0.2, 0.25) is 0 Å². The molecule has 1 aromatic carbocycles. The molecule has 0 heterocycles. The Bertz CT molecular complexity index is 152. The lowest BCUT2D eigenvalue weighted by Gasteiger charge is -1.95. The lowest BCUT2D eigenvalue weighted by atomic mass is 10.3. The molecule has 0 saturated heterocycles. The van der Waals surface area contributed by atoms with Crippen LogP contribution in [0, 0.1) is 0 Å². The van der Waals surface area contributed by atoms with Gasteiger partial charge >= 0.3 is 0 Å². The van der Waals surface area contributed by atoms with Crippen LogP contribution in [0.4, 0.5) is 0 Å². The van der Waals surface area contributed by atoms with E-state index in [0.717, 1.165) is 16.2 Å². The van der Waals surface area contributed by atoms with Gasteiger partial charge in [0.2, 0.25) is 10.5 Å². The van der Waals surface area contributed by atoms with Crippen molar-refractivity contribution in [2.45, 2.75) is 0 Å². The molecule has 2 N–H and O–H groups in total. The summed E-state index contributed by atoms with van der Waals surface area (Å²) in [5, 5.41) is 0. The van der Waals surface area contributed by atoms with Crippen molar-refractivity contribution in [3.8, 4) is 5.75 Å². The predicted molar refractivity (Wildman–Crippen MR) is 40.6 cm³/mol. The van der Waals surface area contributed by atoms with Crippen LogP contribution < -0.4 is 4.43 Å². The normalized spacial score (nSPS) is 8.00. The van der Waals surface area contributed by atoms with Crippen molar-refractivity contribution >= 4 is 10.5 Å². The Kier molecular flexibility index (Phi) is 3.75. The third-order valence-corrected chi connectivity index (χ3v) is 1.45. The Morgan fingerprint density at radius 1 is 1.11 bits per heavy atom. The highest BCUT2D eigenvalue weighted by Crippen LogP contribution is 2.05. The maximum Gasteiger partial charge on any atom is 0.204 e. The molecule has 0 aliphatic carbocycles. The van der Waals surface area contributed by atoms with Crippen molar-refractivity contribution in [1.29, 1.82) is 0 Å². The summed E-state index contributed by atoms with van der Waals surface area (Å²) >= 11 is 0. The molecule has 2 nitrogen and oxygen atoms in total. The van der Waals surface area contributed by atoms with Crippen LogP contribution in [0.5, 0.6) is 5.75 Å². The van der Waals surface area contributed by atoms with Gasteiger partial charge in [-0.2, -0.15) is 0 Å². The molecule has 1 aromatic rings. The first kappa shape index (κ1) is 8.20. The van der Waals surface area contributed by atoms with Crippen LogP contribution in [0.1, 0.15) is 0 Å². The molecule has 0 saturated carbocycles. The highest BCUT2D eigenvalue weighted by atomic mass is 28.2. The molecule has 0 bridgehead atoms. The number of hydrogen-bond acceptors (Lipinski definition) is 1. The minimum Gasteiger partial charge on any atom is -0.553 e. The first-order valence-corrected chi connectivity index (χ1v) is 3.34. The van der Waals surface area contributed by atoms with Gasteiger partial charge in [0.15, 0.2) is 0 Å². The second-order valence-electron chi connectivity index (χ2n) is 1.52. The highest BCUT2D eigenvalue weighted by Gasteiger charge is 1.79. The zero-order chi connectivity index (χ0) is 5.82. The summed E-state index contributed by atoms with van der Waals surface area (Å²) in [6.45, 7) is 0. The fourth-order valence-corrected chi connectivity index (χ4v) is 0.829. The first-order chi connectivity index (χ1) is 3.93. The maximum atomic E-state index is 5.05. The van der Waals surface area contributed by atoms with Gasteiger partial charge in [0.1, 0.15) is 5.75 Å². The van der Waals surface area contributed by atoms with Crippen LogP contribution in [-0.4, -0.2) is 16.0 Å². The van der Waals surface area contributed by atoms with Crippen molar-refractivity contribution in [2.75, 3.05) is 0 Å². The Morgan fingerprint density at radius 2 is 1.67 bits per heavy atom. The van der Waals surface area contributed by atoms with Crippen molar-refractivity contribution in [1.82, 2.24) is 0 Å². The van der Waals surface area contributed by atoms with E-state index in [1.807, 2.05) is 30.3 Å². The Balaban J connectivity index is 0.000000640. The summed E-state index contributed by atoms with van der Waals surface area (Å²) in [5.74, 6) is 0.971. The monoisotopic (exact) mass is 142 g/mol. The Morgan fingerprint density at radius 3 is 2.00 bits per heavy atom. The lowest BCUT2D eigenvalue weighted by molar-refractivity contribution is 0.616. The second-order valence-corrected chi connectivity index (χ2v) is 1.93. The standard InChI is InChI=1S/C6H8OSi.H2O/c8-7-6-4-2-1-3-5-6;/h1-5H,8H3;1H2. The molecule has 0 atom stereocenters. The van der Waals surface area contributed by atoms with E-state index in [1.54, 1.807) is 0 Å². The van der Waals surface area contributed by atoms with Gasteiger partial charge < -0.3 is 9.90 Å². The van der Waals surface area contributed by atoms with Gasteiger partial charge in [0, 0.05) is 0 Å². The minimum atomic E-state index is 0. The van der Waals surface area contributed by atoms with Crippen molar-refractivity contribution in [3.05, 3.63) is 30.3 Å². The molecule has 9 heavy (non-hydrogen) atoms. The van der Waals surface area contributed by atoms with Crippen molar-refractivity contribution < 1.29 is 9.90 Å². The summed E-state index contributed by atoms with van der Waals surface area (Å²) in [5.41, 5.74) is 0. The van der Waals surface area contributed by atoms with Gasteiger partial charge in [0.05, 0.1) is 0 Å². The fourth-order valence-electron chi connectivity index (χ4n) is 0.557. The molecule has 0 aliphatic rings. The van der Waals surface area contributed by atoms with E-state index < -0.39 is 0 Å². The Hall–Kier alpha value is -0.803. The van der Waals surface area contributed by atoms with E-state index in [-0.39, 0.29) is 5.48 Å². The third-order valence-electron chi connectivity index (χ3n) is 0.979. The SMILES string of the molecule is O.[SiH3]Oc1ccccc1. The first-order valence-electron chi connectivity index (χ1n) is 2.52. The molecule has 0 unspecified atom stereocenters. The molecule has 0 spiro atoms. The smallest absolute Gasteiger partial charge is 0.204 e. The maximum absolute atomic E-state index is 5.05. The molecular weight excluding hydrogens is 132 g/mol. The van der Waals surface area contributed by atoms with E-state index in [0.29, 0.717) is 0 Å². The Labute approximate surface area is 57.3 Å². The van der Waals surface area contributed by atoms with Gasteiger partial charge in [-0.15, -0.1) is 0 Å². The minimum absolute atomic E-state index is 0. The van der Waals surface area contributed by atoms with Gasteiger partial charge in [-0.05, 0) is 12.1 Å².